The zero-order valence-electron chi connectivity index (χ0n) is 11.9. The van der Waals surface area contributed by atoms with Gasteiger partial charge in [-0.2, -0.15) is 0 Å². The molecule has 3 rings (SSSR count). The summed E-state index contributed by atoms with van der Waals surface area (Å²) in [6.07, 6.45) is 4.85. The Kier molecular flexibility index (Phi) is 3.81. The first-order valence-corrected chi connectivity index (χ1v) is 7.88. The molecule has 0 radical (unpaired) electrons. The van der Waals surface area contributed by atoms with Gasteiger partial charge in [0.15, 0.2) is 0 Å². The lowest BCUT2D eigenvalue weighted by Crippen LogP contribution is -2.53. The molecule has 4 nitrogen and oxygen atoms in total. The normalized spacial score (nSPS) is 33.3. The van der Waals surface area contributed by atoms with Crippen LogP contribution < -0.4 is 0 Å². The monoisotopic (exact) mass is 266 g/mol. The van der Waals surface area contributed by atoms with Gasteiger partial charge in [0, 0.05) is 38.1 Å². The third kappa shape index (κ3) is 2.79. The van der Waals surface area contributed by atoms with Crippen molar-refractivity contribution in [3.8, 4) is 0 Å². The van der Waals surface area contributed by atoms with E-state index >= 15 is 0 Å². The molecule has 1 heterocycles. The molecule has 3 atom stereocenters. The molecule has 2 saturated carbocycles. The predicted molar refractivity (Wildman–Crippen MR) is 73.6 cm³/mol. The summed E-state index contributed by atoms with van der Waals surface area (Å²) in [5, 5.41) is 9.33. The Morgan fingerprint density at radius 1 is 1.26 bits per heavy atom. The molecule has 108 valence electrons. The molecule has 0 aromatic carbocycles. The summed E-state index contributed by atoms with van der Waals surface area (Å²) in [6.45, 7) is 5.89. The van der Waals surface area contributed by atoms with Crippen molar-refractivity contribution in [2.45, 2.75) is 38.6 Å². The topological polar surface area (TPSA) is 43.8 Å². The van der Waals surface area contributed by atoms with Gasteiger partial charge in [0.25, 0.3) is 0 Å². The van der Waals surface area contributed by atoms with Gasteiger partial charge in [-0.3, -0.25) is 9.69 Å². The summed E-state index contributed by atoms with van der Waals surface area (Å²) in [5.74, 6) is 2.38. The van der Waals surface area contributed by atoms with Crippen LogP contribution in [0, 0.1) is 17.8 Å². The van der Waals surface area contributed by atoms with Gasteiger partial charge in [-0.05, 0) is 37.5 Å². The van der Waals surface area contributed by atoms with Crippen LogP contribution in [0.3, 0.4) is 0 Å². The first kappa shape index (κ1) is 13.4. The van der Waals surface area contributed by atoms with E-state index in [1.165, 1.54) is 12.8 Å². The lowest BCUT2D eigenvalue weighted by molar-refractivity contribution is -0.135. The van der Waals surface area contributed by atoms with Crippen molar-refractivity contribution >= 4 is 5.91 Å². The van der Waals surface area contributed by atoms with Crippen molar-refractivity contribution in [3.05, 3.63) is 0 Å². The van der Waals surface area contributed by atoms with Crippen LogP contribution >= 0.6 is 0 Å². The van der Waals surface area contributed by atoms with Crippen LogP contribution in [0.5, 0.6) is 0 Å². The summed E-state index contributed by atoms with van der Waals surface area (Å²) in [4.78, 5) is 16.8. The Bertz CT molecular complexity index is 331. The average molecular weight is 266 g/mol. The fraction of sp³-hybridized carbons (Fsp3) is 0.933. The second-order valence-electron chi connectivity index (χ2n) is 6.45. The van der Waals surface area contributed by atoms with Crippen molar-refractivity contribution in [2.75, 3.05) is 32.8 Å². The molecule has 1 amide bonds. The molecular formula is C15H26N2O2. The minimum absolute atomic E-state index is 0.233. The molecule has 3 aliphatic rings. The van der Waals surface area contributed by atoms with E-state index in [4.69, 9.17) is 0 Å². The van der Waals surface area contributed by atoms with E-state index in [2.05, 4.69) is 16.7 Å². The lowest BCUT2D eigenvalue weighted by Gasteiger charge is -2.38. The highest BCUT2D eigenvalue weighted by atomic mass is 16.3. The van der Waals surface area contributed by atoms with Crippen molar-refractivity contribution < 1.29 is 9.90 Å². The molecule has 3 unspecified atom stereocenters. The Morgan fingerprint density at radius 2 is 1.95 bits per heavy atom. The third-order valence-electron chi connectivity index (χ3n) is 5.21. The highest BCUT2D eigenvalue weighted by Gasteiger charge is 2.52. The second kappa shape index (κ2) is 5.41. The summed E-state index contributed by atoms with van der Waals surface area (Å²) in [6, 6.07) is 0.275. The van der Waals surface area contributed by atoms with Crippen LogP contribution in [0.25, 0.3) is 0 Å². The summed E-state index contributed by atoms with van der Waals surface area (Å²) < 4.78 is 0. The van der Waals surface area contributed by atoms with Crippen LogP contribution in [-0.2, 0) is 4.79 Å². The standard InChI is InChI=1S/C15H26N2O2/c1-2-12(10-18)16-5-7-17(8-6-16)15(19)14-9-13(14)11-3-4-11/h11-14,18H,2-10H2,1H3. The largest absolute Gasteiger partial charge is 0.395 e. The molecular weight excluding hydrogens is 240 g/mol. The van der Waals surface area contributed by atoms with Gasteiger partial charge >= 0.3 is 0 Å². The van der Waals surface area contributed by atoms with E-state index in [1.54, 1.807) is 0 Å². The number of carbonyl (C=O) groups excluding carboxylic acids is 1. The molecule has 1 saturated heterocycles. The maximum atomic E-state index is 12.4. The van der Waals surface area contributed by atoms with E-state index in [0.29, 0.717) is 11.8 Å². The lowest BCUT2D eigenvalue weighted by atomic mass is 10.1. The van der Waals surface area contributed by atoms with E-state index in [1.807, 2.05) is 0 Å². The summed E-state index contributed by atoms with van der Waals surface area (Å²) >= 11 is 0. The van der Waals surface area contributed by atoms with Gasteiger partial charge in [0.05, 0.1) is 6.61 Å². The quantitative estimate of drug-likeness (QED) is 0.805. The Hall–Kier alpha value is -0.610. The number of aliphatic hydroxyl groups excluding tert-OH is 1. The molecule has 0 aromatic rings. The maximum absolute atomic E-state index is 12.4. The number of carbonyl (C=O) groups is 1. The number of hydrogen-bond donors (Lipinski definition) is 1. The maximum Gasteiger partial charge on any atom is 0.226 e. The fourth-order valence-corrected chi connectivity index (χ4v) is 3.59. The predicted octanol–water partition coefficient (Wildman–Crippen LogP) is 0.948. The zero-order chi connectivity index (χ0) is 13.4. The number of hydrogen-bond acceptors (Lipinski definition) is 3. The highest BCUT2D eigenvalue weighted by Crippen LogP contribution is 2.54. The minimum Gasteiger partial charge on any atom is -0.395 e. The van der Waals surface area contributed by atoms with E-state index in [9.17, 15) is 9.90 Å². The molecule has 3 fully saturated rings. The molecule has 0 bridgehead atoms. The average Bonchev–Trinajstić information content (AvgIpc) is 3.30. The van der Waals surface area contributed by atoms with E-state index in [0.717, 1.165) is 50.9 Å². The first-order chi connectivity index (χ1) is 9.24. The van der Waals surface area contributed by atoms with Crippen molar-refractivity contribution in [3.63, 3.8) is 0 Å². The van der Waals surface area contributed by atoms with Gasteiger partial charge < -0.3 is 10.0 Å². The first-order valence-electron chi connectivity index (χ1n) is 7.88. The van der Waals surface area contributed by atoms with Gasteiger partial charge in [-0.15, -0.1) is 0 Å². The van der Waals surface area contributed by atoms with E-state index in [-0.39, 0.29) is 12.6 Å². The van der Waals surface area contributed by atoms with E-state index < -0.39 is 0 Å². The Balaban J connectivity index is 1.46. The third-order valence-corrected chi connectivity index (χ3v) is 5.21. The molecule has 0 aromatic heterocycles. The van der Waals surface area contributed by atoms with Crippen LogP contribution in [0.2, 0.25) is 0 Å². The van der Waals surface area contributed by atoms with Crippen molar-refractivity contribution in [1.29, 1.82) is 0 Å². The molecule has 0 spiro atoms. The van der Waals surface area contributed by atoms with Crippen LogP contribution in [-0.4, -0.2) is 59.6 Å². The Morgan fingerprint density at radius 3 is 2.47 bits per heavy atom. The molecule has 2 aliphatic carbocycles. The number of piperazine rings is 1. The van der Waals surface area contributed by atoms with Crippen molar-refractivity contribution in [1.82, 2.24) is 9.80 Å². The number of rotatable bonds is 5. The molecule has 1 aliphatic heterocycles. The summed E-state index contributed by atoms with van der Waals surface area (Å²) in [5.41, 5.74) is 0. The van der Waals surface area contributed by atoms with Crippen LogP contribution in [0.4, 0.5) is 0 Å². The molecule has 19 heavy (non-hydrogen) atoms. The Labute approximate surface area is 115 Å². The SMILES string of the molecule is CCC(CO)N1CCN(C(=O)C2CC2C2CC2)CC1. The van der Waals surface area contributed by atoms with Crippen molar-refractivity contribution in [2.24, 2.45) is 17.8 Å². The van der Waals surface area contributed by atoms with Gasteiger partial charge in [0.2, 0.25) is 5.91 Å². The second-order valence-corrected chi connectivity index (χ2v) is 6.45. The number of aliphatic hydroxyl groups is 1. The van der Waals surface area contributed by atoms with Gasteiger partial charge in [0.1, 0.15) is 0 Å². The minimum atomic E-state index is 0.233. The van der Waals surface area contributed by atoms with Crippen LogP contribution in [0.15, 0.2) is 0 Å². The zero-order valence-corrected chi connectivity index (χ0v) is 11.9. The smallest absolute Gasteiger partial charge is 0.226 e. The number of nitrogens with zero attached hydrogens (tertiary/aromatic N) is 2. The summed E-state index contributed by atoms with van der Waals surface area (Å²) in [7, 11) is 0. The highest BCUT2D eigenvalue weighted by molar-refractivity contribution is 5.82. The van der Waals surface area contributed by atoms with Gasteiger partial charge in [-0.1, -0.05) is 6.92 Å². The van der Waals surface area contributed by atoms with Crippen LogP contribution in [0.1, 0.15) is 32.6 Å². The van der Waals surface area contributed by atoms with Gasteiger partial charge in [-0.25, -0.2) is 0 Å². The fourth-order valence-electron chi connectivity index (χ4n) is 3.59. The molecule has 4 heteroatoms. The number of amides is 1. The molecule has 1 N–H and O–H groups in total.